The van der Waals surface area contributed by atoms with Crippen LogP contribution in [0.15, 0.2) is 23.6 Å². The van der Waals surface area contributed by atoms with E-state index in [0.29, 0.717) is 5.52 Å². The number of carboxylic acid groups (broad SMARTS) is 1. The Morgan fingerprint density at radius 3 is 2.71 bits per heavy atom. The third-order valence-corrected chi connectivity index (χ3v) is 4.63. The predicted octanol–water partition coefficient (Wildman–Crippen LogP) is 3.42. The Morgan fingerprint density at radius 1 is 1.33 bits per heavy atom. The Bertz CT molecular complexity index is 835. The monoisotopic (exact) mass is 301 g/mol. The molecule has 0 aliphatic heterocycles. The van der Waals surface area contributed by atoms with Crippen LogP contribution in [0.2, 0.25) is 0 Å². The number of hydrogen-bond acceptors (Lipinski definition) is 4. The van der Waals surface area contributed by atoms with Crippen molar-refractivity contribution in [2.45, 2.75) is 26.8 Å². The molecule has 0 saturated carbocycles. The molecule has 2 heterocycles. The lowest BCUT2D eigenvalue weighted by atomic mass is 10.2. The van der Waals surface area contributed by atoms with Crippen molar-refractivity contribution in [2.75, 3.05) is 0 Å². The minimum Gasteiger partial charge on any atom is -0.478 e. The summed E-state index contributed by atoms with van der Waals surface area (Å²) in [5.74, 6) is -0.0828. The zero-order valence-electron chi connectivity index (χ0n) is 12.0. The van der Waals surface area contributed by atoms with Gasteiger partial charge in [0.05, 0.1) is 22.6 Å². The van der Waals surface area contributed by atoms with Gasteiger partial charge >= 0.3 is 5.97 Å². The second kappa shape index (κ2) is 4.96. The van der Waals surface area contributed by atoms with E-state index in [-0.39, 0.29) is 11.6 Å². The van der Waals surface area contributed by atoms with Gasteiger partial charge in [-0.15, -0.1) is 11.3 Å². The molecule has 0 bridgehead atoms. The first kappa shape index (κ1) is 13.8. The van der Waals surface area contributed by atoms with Gasteiger partial charge in [-0.05, 0) is 39.0 Å². The Kier molecular flexibility index (Phi) is 3.25. The maximum Gasteiger partial charge on any atom is 0.335 e. The molecule has 1 unspecified atom stereocenters. The third kappa shape index (κ3) is 2.31. The molecule has 6 heteroatoms. The minimum atomic E-state index is -0.937. The molecule has 1 N–H and O–H groups in total. The molecule has 2 aromatic heterocycles. The lowest BCUT2D eigenvalue weighted by Gasteiger charge is -2.13. The normalized spacial score (nSPS) is 12.7. The van der Waals surface area contributed by atoms with Crippen LogP contribution in [-0.4, -0.2) is 25.6 Å². The summed E-state index contributed by atoms with van der Waals surface area (Å²) in [6.07, 6.45) is 0. The number of imidazole rings is 1. The Hall–Kier alpha value is -2.21. The van der Waals surface area contributed by atoms with Gasteiger partial charge in [0.25, 0.3) is 0 Å². The van der Waals surface area contributed by atoms with E-state index in [2.05, 4.69) is 21.5 Å². The summed E-state index contributed by atoms with van der Waals surface area (Å²) in [7, 11) is 0. The van der Waals surface area contributed by atoms with Crippen LogP contribution in [0.4, 0.5) is 0 Å². The number of aromatic carboxylic acids is 1. The first-order valence-electron chi connectivity index (χ1n) is 6.61. The first-order chi connectivity index (χ1) is 9.97. The topological polar surface area (TPSA) is 68.0 Å². The van der Waals surface area contributed by atoms with Crippen molar-refractivity contribution in [3.8, 4) is 0 Å². The molecule has 5 nitrogen and oxygen atoms in total. The number of carbonyl (C=O) groups is 1. The van der Waals surface area contributed by atoms with Gasteiger partial charge in [-0.2, -0.15) is 0 Å². The second-order valence-electron chi connectivity index (χ2n) is 5.04. The molecule has 1 aromatic carbocycles. The number of aryl methyl sites for hydroxylation is 2. The maximum atomic E-state index is 11.1. The van der Waals surface area contributed by atoms with Gasteiger partial charge in [0.15, 0.2) is 0 Å². The number of thiazole rings is 1. The molecule has 108 valence electrons. The third-order valence-electron chi connectivity index (χ3n) is 3.49. The van der Waals surface area contributed by atoms with Crippen LogP contribution in [-0.2, 0) is 0 Å². The molecule has 0 saturated heterocycles. The summed E-state index contributed by atoms with van der Waals surface area (Å²) < 4.78 is 2.10. The number of nitrogens with zero attached hydrogens (tertiary/aromatic N) is 3. The molecule has 3 aromatic rings. The molecular weight excluding hydrogens is 286 g/mol. The standard InChI is InChI=1S/C15H15N3O2S/c1-8-7-21-14(16-8)9(2)18-10(3)17-12-6-11(15(19)20)4-5-13(12)18/h4-7,9H,1-3H3,(H,19,20). The molecule has 21 heavy (non-hydrogen) atoms. The van der Waals surface area contributed by atoms with Crippen LogP contribution < -0.4 is 0 Å². The van der Waals surface area contributed by atoms with E-state index in [1.807, 2.05) is 25.3 Å². The average Bonchev–Trinajstić information content (AvgIpc) is 2.99. The number of hydrogen-bond donors (Lipinski definition) is 1. The van der Waals surface area contributed by atoms with E-state index in [1.165, 1.54) is 0 Å². The van der Waals surface area contributed by atoms with Gasteiger partial charge in [0, 0.05) is 11.1 Å². The summed E-state index contributed by atoms with van der Waals surface area (Å²) in [6.45, 7) is 5.99. The van der Waals surface area contributed by atoms with Crippen LogP contribution in [0.1, 0.15) is 39.8 Å². The second-order valence-corrected chi connectivity index (χ2v) is 5.93. The van der Waals surface area contributed by atoms with Crippen LogP contribution in [0, 0.1) is 13.8 Å². The number of fused-ring (bicyclic) bond motifs is 1. The van der Waals surface area contributed by atoms with Crippen molar-refractivity contribution in [3.05, 3.63) is 45.7 Å². The van der Waals surface area contributed by atoms with E-state index in [1.54, 1.807) is 23.5 Å². The van der Waals surface area contributed by atoms with Crippen molar-refractivity contribution in [2.24, 2.45) is 0 Å². The number of benzene rings is 1. The summed E-state index contributed by atoms with van der Waals surface area (Å²) in [5.41, 5.74) is 2.90. The van der Waals surface area contributed by atoms with Crippen molar-refractivity contribution in [1.29, 1.82) is 0 Å². The minimum absolute atomic E-state index is 0.0735. The molecule has 0 radical (unpaired) electrons. The Balaban J connectivity index is 2.14. The highest BCUT2D eigenvalue weighted by Crippen LogP contribution is 2.28. The number of aromatic nitrogens is 3. The molecular formula is C15H15N3O2S. The lowest BCUT2D eigenvalue weighted by Crippen LogP contribution is -2.08. The van der Waals surface area contributed by atoms with E-state index in [9.17, 15) is 4.79 Å². The lowest BCUT2D eigenvalue weighted by molar-refractivity contribution is 0.0697. The molecule has 0 fully saturated rings. The smallest absolute Gasteiger partial charge is 0.335 e. The summed E-state index contributed by atoms with van der Waals surface area (Å²) in [4.78, 5) is 20.1. The predicted molar refractivity (Wildman–Crippen MR) is 82.1 cm³/mol. The van der Waals surface area contributed by atoms with Crippen molar-refractivity contribution in [1.82, 2.24) is 14.5 Å². The maximum absolute atomic E-state index is 11.1. The van der Waals surface area contributed by atoms with E-state index >= 15 is 0 Å². The van der Waals surface area contributed by atoms with Gasteiger partial charge in [-0.1, -0.05) is 0 Å². The zero-order valence-corrected chi connectivity index (χ0v) is 12.8. The molecule has 0 amide bonds. The van der Waals surface area contributed by atoms with E-state index in [0.717, 1.165) is 22.0 Å². The van der Waals surface area contributed by atoms with Crippen molar-refractivity contribution < 1.29 is 9.90 Å². The van der Waals surface area contributed by atoms with Crippen LogP contribution >= 0.6 is 11.3 Å². The fraction of sp³-hybridized carbons (Fsp3) is 0.267. The van der Waals surface area contributed by atoms with Crippen molar-refractivity contribution in [3.63, 3.8) is 0 Å². The highest BCUT2D eigenvalue weighted by Gasteiger charge is 2.18. The molecule has 3 rings (SSSR count). The van der Waals surface area contributed by atoms with Gasteiger partial charge < -0.3 is 9.67 Å². The Labute approximate surface area is 125 Å². The van der Waals surface area contributed by atoms with E-state index < -0.39 is 5.97 Å². The number of carboxylic acids is 1. The summed E-state index contributed by atoms with van der Waals surface area (Å²) in [5, 5.41) is 12.1. The quantitative estimate of drug-likeness (QED) is 0.805. The van der Waals surface area contributed by atoms with Crippen LogP contribution in [0.3, 0.4) is 0 Å². The fourth-order valence-corrected chi connectivity index (χ4v) is 3.36. The first-order valence-corrected chi connectivity index (χ1v) is 7.49. The van der Waals surface area contributed by atoms with Gasteiger partial charge in [0.1, 0.15) is 10.8 Å². The average molecular weight is 301 g/mol. The van der Waals surface area contributed by atoms with Gasteiger partial charge in [-0.25, -0.2) is 14.8 Å². The summed E-state index contributed by atoms with van der Waals surface area (Å²) in [6, 6.07) is 5.11. The highest BCUT2D eigenvalue weighted by atomic mass is 32.1. The van der Waals surface area contributed by atoms with Crippen molar-refractivity contribution >= 4 is 28.3 Å². The molecule has 0 aliphatic rings. The zero-order chi connectivity index (χ0) is 15.1. The summed E-state index contributed by atoms with van der Waals surface area (Å²) >= 11 is 1.63. The fourth-order valence-electron chi connectivity index (χ4n) is 2.52. The molecule has 0 aliphatic carbocycles. The SMILES string of the molecule is Cc1csc(C(C)n2c(C)nc3cc(C(=O)O)ccc32)n1. The van der Waals surface area contributed by atoms with Crippen LogP contribution in [0.5, 0.6) is 0 Å². The van der Waals surface area contributed by atoms with Gasteiger partial charge in [0.2, 0.25) is 0 Å². The highest BCUT2D eigenvalue weighted by molar-refractivity contribution is 7.09. The largest absolute Gasteiger partial charge is 0.478 e. The van der Waals surface area contributed by atoms with E-state index in [4.69, 9.17) is 5.11 Å². The molecule has 0 spiro atoms. The van der Waals surface area contributed by atoms with Gasteiger partial charge in [-0.3, -0.25) is 0 Å². The molecule has 1 atom stereocenters. The number of rotatable bonds is 3. The van der Waals surface area contributed by atoms with Crippen LogP contribution in [0.25, 0.3) is 11.0 Å². The Morgan fingerprint density at radius 2 is 2.10 bits per heavy atom.